The molecule has 0 aliphatic carbocycles. The van der Waals surface area contributed by atoms with Gasteiger partial charge in [-0.2, -0.15) is 0 Å². The van der Waals surface area contributed by atoms with Crippen LogP contribution in [0.4, 0.5) is 0 Å². The lowest BCUT2D eigenvalue weighted by atomic mass is 10.1. The maximum absolute atomic E-state index is 12.2. The highest BCUT2D eigenvalue weighted by atomic mass is 32.2. The average molecular weight is 383 g/mol. The number of carbonyl (C=O) groups excluding carboxylic acids is 1. The van der Waals surface area contributed by atoms with Gasteiger partial charge in [0.1, 0.15) is 5.75 Å². The largest absolute Gasteiger partial charge is 0.497 e. The molecule has 0 spiro atoms. The predicted molar refractivity (Wildman–Crippen MR) is 103 cm³/mol. The van der Waals surface area contributed by atoms with Crippen molar-refractivity contribution in [2.75, 3.05) is 32.5 Å². The van der Waals surface area contributed by atoms with E-state index in [1.165, 1.54) is 5.56 Å². The third-order valence-corrected chi connectivity index (χ3v) is 6.54. The van der Waals surface area contributed by atoms with E-state index in [-0.39, 0.29) is 18.2 Å². The number of unbranched alkanes of at least 4 members (excludes halogenated alkanes) is 1. The Morgan fingerprint density at radius 2 is 1.81 bits per heavy atom. The molecule has 0 radical (unpaired) electrons. The van der Waals surface area contributed by atoms with Gasteiger partial charge in [0.25, 0.3) is 0 Å². The van der Waals surface area contributed by atoms with Gasteiger partial charge >= 0.3 is 0 Å². The third kappa shape index (κ3) is 6.96. The van der Waals surface area contributed by atoms with Crippen LogP contribution in [0.15, 0.2) is 24.3 Å². The Morgan fingerprint density at radius 1 is 1.12 bits per heavy atom. The molecule has 1 heterocycles. The molecule has 1 fully saturated rings. The summed E-state index contributed by atoms with van der Waals surface area (Å²) >= 11 is 0. The molecule has 0 saturated carbocycles. The lowest BCUT2D eigenvalue weighted by Crippen LogP contribution is -2.40. The topological polar surface area (TPSA) is 75.7 Å². The first kappa shape index (κ1) is 20.7. The highest BCUT2D eigenvalue weighted by Gasteiger charge is 2.23. The van der Waals surface area contributed by atoms with Crippen LogP contribution in [-0.4, -0.2) is 51.1 Å². The molecule has 146 valence electrons. The van der Waals surface area contributed by atoms with Crippen LogP contribution < -0.4 is 10.1 Å². The second kappa shape index (κ2) is 10.5. The number of nitrogens with zero attached hydrogens (tertiary/aromatic N) is 1. The maximum atomic E-state index is 12.2. The molecule has 26 heavy (non-hydrogen) atoms. The number of hydrogen-bond donors (Lipinski definition) is 1. The fourth-order valence-corrected chi connectivity index (χ4v) is 4.52. The molecular formula is C19H30N2O4S. The van der Waals surface area contributed by atoms with Crippen molar-refractivity contribution in [1.29, 1.82) is 0 Å². The Morgan fingerprint density at radius 3 is 2.46 bits per heavy atom. The average Bonchev–Trinajstić information content (AvgIpc) is 2.66. The summed E-state index contributed by atoms with van der Waals surface area (Å²) in [6.45, 7) is 1.42. The summed E-state index contributed by atoms with van der Waals surface area (Å²) in [4.78, 5) is 11.9. The highest BCUT2D eigenvalue weighted by molar-refractivity contribution is 7.89. The van der Waals surface area contributed by atoms with Crippen molar-refractivity contribution in [1.82, 2.24) is 9.62 Å². The van der Waals surface area contributed by atoms with E-state index in [0.29, 0.717) is 19.5 Å². The lowest BCUT2D eigenvalue weighted by molar-refractivity contribution is -0.121. The summed E-state index contributed by atoms with van der Waals surface area (Å²) in [6, 6.07) is 7.93. The Hall–Kier alpha value is -1.60. The Bertz CT molecular complexity index is 653. The molecule has 0 unspecified atom stereocenters. The normalized spacial score (nSPS) is 15.6. The molecule has 0 atom stereocenters. The lowest BCUT2D eigenvalue weighted by Gasteiger charge is -2.25. The van der Waals surface area contributed by atoms with Crippen molar-refractivity contribution >= 4 is 15.9 Å². The van der Waals surface area contributed by atoms with Gasteiger partial charge in [0.05, 0.1) is 12.9 Å². The zero-order valence-electron chi connectivity index (χ0n) is 15.6. The number of nitrogens with one attached hydrogen (secondary N) is 1. The van der Waals surface area contributed by atoms with Crippen molar-refractivity contribution in [3.8, 4) is 5.75 Å². The van der Waals surface area contributed by atoms with Gasteiger partial charge in [-0.3, -0.25) is 4.79 Å². The zero-order valence-corrected chi connectivity index (χ0v) is 16.4. The number of carbonyl (C=O) groups is 1. The predicted octanol–water partition coefficient (Wildman–Crippen LogP) is 2.34. The molecule has 7 heteroatoms. The fourth-order valence-electron chi connectivity index (χ4n) is 3.09. The molecular weight excluding hydrogens is 352 g/mol. The van der Waals surface area contributed by atoms with Crippen LogP contribution in [0, 0.1) is 0 Å². The molecule has 1 saturated heterocycles. The molecule has 1 N–H and O–H groups in total. The van der Waals surface area contributed by atoms with Crippen molar-refractivity contribution in [3.63, 3.8) is 0 Å². The number of aryl methyl sites for hydroxylation is 1. The Balaban J connectivity index is 1.58. The van der Waals surface area contributed by atoms with Crippen LogP contribution in [0.3, 0.4) is 0 Å². The molecule has 1 amide bonds. The monoisotopic (exact) mass is 382 g/mol. The summed E-state index contributed by atoms with van der Waals surface area (Å²) in [5.41, 5.74) is 1.22. The standard InChI is InChI=1S/C19H30N2O4S/c1-25-18-11-9-17(10-12-18)7-3-4-8-19(22)20-13-16-26(23,24)21-14-5-2-6-15-21/h9-12H,2-8,13-16H2,1H3,(H,20,22). The van der Waals surface area contributed by atoms with E-state index in [4.69, 9.17) is 4.74 Å². The van der Waals surface area contributed by atoms with E-state index in [1.807, 2.05) is 24.3 Å². The molecule has 6 nitrogen and oxygen atoms in total. The van der Waals surface area contributed by atoms with Gasteiger partial charge in [0, 0.05) is 26.1 Å². The molecule has 1 aromatic carbocycles. The van der Waals surface area contributed by atoms with Crippen molar-refractivity contribution in [2.45, 2.75) is 44.9 Å². The van der Waals surface area contributed by atoms with Gasteiger partial charge in [-0.1, -0.05) is 18.6 Å². The number of sulfonamides is 1. The van der Waals surface area contributed by atoms with E-state index in [2.05, 4.69) is 5.32 Å². The van der Waals surface area contributed by atoms with E-state index in [9.17, 15) is 13.2 Å². The van der Waals surface area contributed by atoms with Gasteiger partial charge in [0.2, 0.25) is 15.9 Å². The third-order valence-electron chi connectivity index (χ3n) is 4.67. The molecule has 0 aromatic heterocycles. The first-order valence-corrected chi connectivity index (χ1v) is 11.0. The van der Waals surface area contributed by atoms with Crippen molar-refractivity contribution in [2.24, 2.45) is 0 Å². The molecule has 1 aromatic rings. The van der Waals surface area contributed by atoms with Crippen LogP contribution >= 0.6 is 0 Å². The maximum Gasteiger partial charge on any atom is 0.220 e. The van der Waals surface area contributed by atoms with Gasteiger partial charge in [-0.25, -0.2) is 12.7 Å². The number of piperidine rings is 1. The summed E-state index contributed by atoms with van der Waals surface area (Å²) in [5.74, 6) is 0.756. The molecule has 1 aliphatic heterocycles. The van der Waals surface area contributed by atoms with Gasteiger partial charge in [-0.15, -0.1) is 0 Å². The minimum absolute atomic E-state index is 0.00934. The number of ether oxygens (including phenoxy) is 1. The first-order valence-electron chi connectivity index (χ1n) is 9.39. The quantitative estimate of drug-likeness (QED) is 0.630. The highest BCUT2D eigenvalue weighted by Crippen LogP contribution is 2.14. The number of amides is 1. The van der Waals surface area contributed by atoms with Crippen molar-refractivity contribution < 1.29 is 17.9 Å². The van der Waals surface area contributed by atoms with E-state index < -0.39 is 10.0 Å². The summed E-state index contributed by atoms with van der Waals surface area (Å²) in [6.07, 6.45) is 6.02. The van der Waals surface area contributed by atoms with Crippen LogP contribution in [-0.2, 0) is 21.2 Å². The smallest absolute Gasteiger partial charge is 0.220 e. The SMILES string of the molecule is COc1ccc(CCCCC(=O)NCCS(=O)(=O)N2CCCCC2)cc1. The Kier molecular flexibility index (Phi) is 8.38. The van der Waals surface area contributed by atoms with E-state index in [0.717, 1.165) is 44.3 Å². The number of rotatable bonds is 10. The van der Waals surface area contributed by atoms with E-state index >= 15 is 0 Å². The van der Waals surface area contributed by atoms with Crippen LogP contribution in [0.5, 0.6) is 5.75 Å². The Labute approximate surface area is 157 Å². The van der Waals surface area contributed by atoms with Gasteiger partial charge in [-0.05, 0) is 49.8 Å². The number of benzene rings is 1. The summed E-state index contributed by atoms with van der Waals surface area (Å²) in [5, 5.41) is 2.73. The van der Waals surface area contributed by atoms with Crippen LogP contribution in [0.1, 0.15) is 44.1 Å². The minimum Gasteiger partial charge on any atom is -0.497 e. The summed E-state index contributed by atoms with van der Waals surface area (Å²) in [7, 11) is -1.59. The van der Waals surface area contributed by atoms with Gasteiger partial charge < -0.3 is 10.1 Å². The van der Waals surface area contributed by atoms with Crippen LogP contribution in [0.25, 0.3) is 0 Å². The number of hydrogen-bond acceptors (Lipinski definition) is 4. The van der Waals surface area contributed by atoms with E-state index in [1.54, 1.807) is 11.4 Å². The number of methoxy groups -OCH3 is 1. The first-order chi connectivity index (χ1) is 12.5. The van der Waals surface area contributed by atoms with Crippen LogP contribution in [0.2, 0.25) is 0 Å². The molecule has 1 aliphatic rings. The molecule has 2 rings (SSSR count). The summed E-state index contributed by atoms with van der Waals surface area (Å²) < 4.78 is 31.1. The second-order valence-electron chi connectivity index (χ2n) is 6.68. The molecule has 0 bridgehead atoms. The fraction of sp³-hybridized carbons (Fsp3) is 0.632. The zero-order chi connectivity index (χ0) is 18.8. The minimum atomic E-state index is -3.24. The van der Waals surface area contributed by atoms with Gasteiger partial charge in [0.15, 0.2) is 0 Å². The second-order valence-corrected chi connectivity index (χ2v) is 8.77. The van der Waals surface area contributed by atoms with Crippen molar-refractivity contribution in [3.05, 3.63) is 29.8 Å².